The molecule has 0 saturated carbocycles. The third kappa shape index (κ3) is 2.18. The summed E-state index contributed by atoms with van der Waals surface area (Å²) in [7, 11) is -3.11. The summed E-state index contributed by atoms with van der Waals surface area (Å²) < 4.78 is 23.4. The van der Waals surface area contributed by atoms with Crippen LogP contribution in [0.25, 0.3) is 0 Å². The minimum atomic E-state index is -3.11. The van der Waals surface area contributed by atoms with E-state index < -0.39 is 16.1 Å². The minimum Gasteiger partial charge on any atom is -0.391 e. The van der Waals surface area contributed by atoms with Crippen LogP contribution in [-0.4, -0.2) is 43.3 Å². The molecule has 0 bridgehead atoms. The van der Waals surface area contributed by atoms with Gasteiger partial charge in [-0.15, -0.1) is 0 Å². The summed E-state index contributed by atoms with van der Waals surface area (Å²) in [5.41, 5.74) is 0. The molecule has 0 aromatic heterocycles. The first-order valence-electron chi connectivity index (χ1n) is 4.04. The highest BCUT2D eigenvalue weighted by molar-refractivity contribution is 7.88. The molecule has 0 aromatic rings. The number of sulfonamides is 1. The maximum Gasteiger partial charge on any atom is 0.211 e. The van der Waals surface area contributed by atoms with Crippen LogP contribution in [-0.2, 0) is 10.0 Å². The summed E-state index contributed by atoms with van der Waals surface area (Å²) >= 11 is 0. The molecule has 1 saturated heterocycles. The van der Waals surface area contributed by atoms with Crippen LogP contribution in [0.2, 0.25) is 0 Å². The zero-order chi connectivity index (χ0) is 9.35. The number of aliphatic hydroxyl groups excluding tert-OH is 1. The van der Waals surface area contributed by atoms with Crippen molar-refractivity contribution >= 4 is 10.0 Å². The fourth-order valence-electron chi connectivity index (χ4n) is 1.32. The first kappa shape index (κ1) is 9.95. The van der Waals surface area contributed by atoms with E-state index in [2.05, 4.69) is 0 Å². The lowest BCUT2D eigenvalue weighted by atomic mass is 9.98. The average molecular weight is 193 g/mol. The molecule has 4 nitrogen and oxygen atoms in total. The van der Waals surface area contributed by atoms with Gasteiger partial charge in [-0.1, -0.05) is 6.92 Å². The normalized spacial score (nSPS) is 33.6. The van der Waals surface area contributed by atoms with Crippen LogP contribution in [0.3, 0.4) is 0 Å². The van der Waals surface area contributed by atoms with Crippen LogP contribution in [0.4, 0.5) is 0 Å². The highest BCUT2D eigenvalue weighted by Crippen LogP contribution is 2.18. The van der Waals surface area contributed by atoms with Crippen molar-refractivity contribution in [2.45, 2.75) is 19.4 Å². The topological polar surface area (TPSA) is 57.6 Å². The SMILES string of the molecule is CC1CCN(S(C)(=O)=O)CC1O. The van der Waals surface area contributed by atoms with E-state index in [-0.39, 0.29) is 12.5 Å². The van der Waals surface area contributed by atoms with Gasteiger partial charge in [-0.2, -0.15) is 4.31 Å². The molecule has 0 aromatic carbocycles. The highest BCUT2D eigenvalue weighted by Gasteiger charge is 2.28. The predicted molar refractivity (Wildman–Crippen MR) is 46.2 cm³/mol. The van der Waals surface area contributed by atoms with E-state index in [1.54, 1.807) is 0 Å². The van der Waals surface area contributed by atoms with Crippen molar-refractivity contribution < 1.29 is 13.5 Å². The molecule has 0 aliphatic carbocycles. The molecule has 1 aliphatic heterocycles. The van der Waals surface area contributed by atoms with Gasteiger partial charge in [0.05, 0.1) is 12.4 Å². The molecule has 0 spiro atoms. The first-order valence-corrected chi connectivity index (χ1v) is 5.89. The second kappa shape index (κ2) is 3.32. The lowest BCUT2D eigenvalue weighted by Crippen LogP contribution is -2.45. The van der Waals surface area contributed by atoms with Crippen molar-refractivity contribution in [2.75, 3.05) is 19.3 Å². The largest absolute Gasteiger partial charge is 0.391 e. The third-order valence-corrected chi connectivity index (χ3v) is 3.62. The van der Waals surface area contributed by atoms with E-state index in [4.69, 9.17) is 0 Å². The molecule has 1 N–H and O–H groups in total. The van der Waals surface area contributed by atoms with Crippen LogP contribution in [0.5, 0.6) is 0 Å². The van der Waals surface area contributed by atoms with Crippen LogP contribution < -0.4 is 0 Å². The number of piperidine rings is 1. The molecule has 12 heavy (non-hydrogen) atoms. The maximum atomic E-state index is 11.1. The molecule has 2 unspecified atom stereocenters. The number of hydrogen-bond acceptors (Lipinski definition) is 3. The van der Waals surface area contributed by atoms with Gasteiger partial charge in [0.25, 0.3) is 0 Å². The molecular formula is C7H15NO3S. The smallest absolute Gasteiger partial charge is 0.211 e. The van der Waals surface area contributed by atoms with Crippen molar-refractivity contribution in [1.29, 1.82) is 0 Å². The molecule has 5 heteroatoms. The van der Waals surface area contributed by atoms with E-state index in [0.717, 1.165) is 6.42 Å². The molecule has 1 heterocycles. The quantitative estimate of drug-likeness (QED) is 0.619. The van der Waals surface area contributed by atoms with E-state index in [0.29, 0.717) is 6.54 Å². The summed E-state index contributed by atoms with van der Waals surface area (Å²) in [5.74, 6) is 0.211. The zero-order valence-electron chi connectivity index (χ0n) is 7.40. The van der Waals surface area contributed by atoms with Crippen LogP contribution >= 0.6 is 0 Å². The van der Waals surface area contributed by atoms with Gasteiger partial charge in [0.1, 0.15) is 0 Å². The average Bonchev–Trinajstić information content (AvgIpc) is 1.92. The van der Waals surface area contributed by atoms with Gasteiger partial charge >= 0.3 is 0 Å². The van der Waals surface area contributed by atoms with E-state index in [1.165, 1.54) is 10.6 Å². The molecule has 2 atom stereocenters. The number of β-amino-alcohol motifs (C(OH)–C–C–N with tert-alkyl or cyclic N) is 1. The first-order chi connectivity index (χ1) is 5.41. The lowest BCUT2D eigenvalue weighted by Gasteiger charge is -2.32. The van der Waals surface area contributed by atoms with E-state index >= 15 is 0 Å². The van der Waals surface area contributed by atoms with Crippen molar-refractivity contribution in [2.24, 2.45) is 5.92 Å². The summed E-state index contributed by atoms with van der Waals surface area (Å²) in [4.78, 5) is 0. The molecule has 1 fully saturated rings. The second-order valence-electron chi connectivity index (χ2n) is 3.45. The molecule has 0 amide bonds. The summed E-state index contributed by atoms with van der Waals surface area (Å²) in [6.07, 6.45) is 1.41. The Balaban J connectivity index is 2.64. The second-order valence-corrected chi connectivity index (χ2v) is 5.44. The van der Waals surface area contributed by atoms with Crippen molar-refractivity contribution in [3.63, 3.8) is 0 Å². The molecule has 72 valence electrons. The van der Waals surface area contributed by atoms with E-state index in [1.807, 2.05) is 6.92 Å². The van der Waals surface area contributed by atoms with Crippen molar-refractivity contribution in [1.82, 2.24) is 4.31 Å². The molecule has 0 radical (unpaired) electrons. The van der Waals surface area contributed by atoms with Crippen molar-refractivity contribution in [3.05, 3.63) is 0 Å². The van der Waals surface area contributed by atoms with Crippen molar-refractivity contribution in [3.8, 4) is 0 Å². The number of rotatable bonds is 1. The Kier molecular flexibility index (Phi) is 2.75. The highest BCUT2D eigenvalue weighted by atomic mass is 32.2. The summed E-state index contributed by atoms with van der Waals surface area (Å²) in [5, 5.41) is 9.41. The maximum absolute atomic E-state index is 11.1. The predicted octanol–water partition coefficient (Wildman–Crippen LogP) is -0.351. The number of hydrogen-bond donors (Lipinski definition) is 1. The lowest BCUT2D eigenvalue weighted by molar-refractivity contribution is 0.0608. The van der Waals surface area contributed by atoms with Crippen LogP contribution in [0, 0.1) is 5.92 Å². The van der Waals surface area contributed by atoms with Crippen LogP contribution in [0.1, 0.15) is 13.3 Å². The third-order valence-electron chi connectivity index (χ3n) is 2.35. The molecule has 1 rings (SSSR count). The Morgan fingerprint density at radius 2 is 2.08 bits per heavy atom. The zero-order valence-corrected chi connectivity index (χ0v) is 8.21. The monoisotopic (exact) mass is 193 g/mol. The van der Waals surface area contributed by atoms with Crippen LogP contribution in [0.15, 0.2) is 0 Å². The fraction of sp³-hybridized carbons (Fsp3) is 1.00. The Morgan fingerprint density at radius 1 is 1.50 bits per heavy atom. The number of nitrogens with zero attached hydrogens (tertiary/aromatic N) is 1. The summed E-state index contributed by atoms with van der Waals surface area (Å²) in [6, 6.07) is 0. The van der Waals surface area contributed by atoms with Gasteiger partial charge in [0.15, 0.2) is 0 Å². The van der Waals surface area contributed by atoms with Gasteiger partial charge in [0.2, 0.25) is 10.0 Å². The van der Waals surface area contributed by atoms with Gasteiger partial charge in [0, 0.05) is 13.1 Å². The Bertz CT molecular complexity index is 249. The Hall–Kier alpha value is -0.130. The Labute approximate surface area is 73.2 Å². The van der Waals surface area contributed by atoms with Gasteiger partial charge in [-0.3, -0.25) is 0 Å². The van der Waals surface area contributed by atoms with E-state index in [9.17, 15) is 13.5 Å². The minimum absolute atomic E-state index is 0.211. The standard InChI is InChI=1S/C7H15NO3S/c1-6-3-4-8(5-7(6)9)12(2,10)11/h6-7,9H,3-5H2,1-2H3. The molecule has 1 aliphatic rings. The number of aliphatic hydroxyl groups is 1. The van der Waals surface area contributed by atoms with Gasteiger partial charge < -0.3 is 5.11 Å². The van der Waals surface area contributed by atoms with Gasteiger partial charge in [-0.05, 0) is 12.3 Å². The summed E-state index contributed by atoms with van der Waals surface area (Å²) in [6.45, 7) is 2.72. The fourth-order valence-corrected chi connectivity index (χ4v) is 2.18. The van der Waals surface area contributed by atoms with Gasteiger partial charge in [-0.25, -0.2) is 8.42 Å². The Morgan fingerprint density at radius 3 is 2.50 bits per heavy atom. The molecular weight excluding hydrogens is 178 g/mol.